The first-order valence-corrected chi connectivity index (χ1v) is 22.0. The van der Waals surface area contributed by atoms with Gasteiger partial charge in [0.25, 0.3) is 0 Å². The van der Waals surface area contributed by atoms with Crippen molar-refractivity contribution < 1.29 is 121 Å². The first-order chi connectivity index (χ1) is 26.6. The molecule has 0 radical (unpaired) electrons. The van der Waals surface area contributed by atoms with Crippen LogP contribution in [-0.4, -0.2) is 177 Å². The summed E-state index contributed by atoms with van der Waals surface area (Å²) in [5.74, 6) is -0.414. The molecule has 0 aromatic heterocycles. The van der Waals surface area contributed by atoms with Gasteiger partial charge in [0, 0.05) is 19.0 Å². The van der Waals surface area contributed by atoms with Crippen molar-refractivity contribution in [1.82, 2.24) is 0 Å². The fourth-order valence-corrected chi connectivity index (χ4v) is 5.20. The Hall–Kier alpha value is 1.07. The molecule has 0 spiro atoms. The van der Waals surface area contributed by atoms with E-state index >= 15 is 0 Å². The van der Waals surface area contributed by atoms with Gasteiger partial charge in [0.05, 0.1) is 155 Å². The third-order valence-electron chi connectivity index (χ3n) is 7.67. The molecule has 0 heterocycles. The molecule has 0 rings (SSSR count). The fourth-order valence-electron chi connectivity index (χ4n) is 4.73. The molecule has 15 nitrogen and oxygen atoms in total. The molecule has 0 fully saturated rings. The largest absolute Gasteiger partial charge is 1.00 e. The van der Waals surface area contributed by atoms with E-state index in [1.807, 2.05) is 0 Å². The third-order valence-corrected chi connectivity index (χ3v) is 8.46. The second-order valence-electron chi connectivity index (χ2n) is 12.5. The minimum atomic E-state index is -4.17. The molecule has 0 atom stereocenters. The molecule has 0 unspecified atom stereocenters. The SMILES string of the molecule is CCCCCCCCCCCCCOCCOCCOCCOCCOCCOCCOCCOCCOCCOCCOCCOCCCS(=O)(=O)[O-].[K+]. The van der Waals surface area contributed by atoms with Crippen molar-refractivity contribution in [2.45, 2.75) is 84.0 Å². The summed E-state index contributed by atoms with van der Waals surface area (Å²) in [7, 11) is -4.17. The summed E-state index contributed by atoms with van der Waals surface area (Å²) < 4.78 is 96.9. The van der Waals surface area contributed by atoms with Gasteiger partial charge >= 0.3 is 51.4 Å². The van der Waals surface area contributed by atoms with Gasteiger partial charge in [-0.15, -0.1) is 0 Å². The van der Waals surface area contributed by atoms with Gasteiger partial charge in [-0.1, -0.05) is 71.1 Å². The van der Waals surface area contributed by atoms with Crippen LogP contribution in [0.3, 0.4) is 0 Å². The van der Waals surface area contributed by atoms with E-state index in [0.29, 0.717) is 145 Å². The summed E-state index contributed by atoms with van der Waals surface area (Å²) in [6, 6.07) is 0. The average Bonchev–Trinajstić information content (AvgIpc) is 3.15. The fraction of sp³-hybridized carbons (Fsp3) is 1.00. The second-order valence-corrected chi connectivity index (χ2v) is 14.0. The monoisotopic (exact) mass is 844 g/mol. The van der Waals surface area contributed by atoms with E-state index in [1.165, 1.54) is 64.2 Å². The number of ether oxygens (including phenoxy) is 12. The van der Waals surface area contributed by atoms with E-state index in [2.05, 4.69) is 6.92 Å². The molecule has 0 bridgehead atoms. The summed E-state index contributed by atoms with van der Waals surface area (Å²) in [5, 5.41) is 0. The van der Waals surface area contributed by atoms with Crippen LogP contribution in [0.15, 0.2) is 0 Å². The van der Waals surface area contributed by atoms with Crippen LogP contribution < -0.4 is 51.4 Å². The quantitative estimate of drug-likeness (QED) is 0.0490. The minimum absolute atomic E-state index is 0. The molecule has 17 heteroatoms. The molecule has 0 saturated heterocycles. The molecule has 0 amide bonds. The van der Waals surface area contributed by atoms with Gasteiger partial charge in [0.1, 0.15) is 0 Å². The minimum Gasteiger partial charge on any atom is -0.748 e. The second kappa shape index (κ2) is 51.2. The Morgan fingerprint density at radius 3 is 0.691 bits per heavy atom. The molecule has 0 aromatic carbocycles. The van der Waals surface area contributed by atoms with Crippen LogP contribution in [0.25, 0.3) is 0 Å². The van der Waals surface area contributed by atoms with Crippen LogP contribution in [0.1, 0.15) is 84.0 Å². The summed E-state index contributed by atoms with van der Waals surface area (Å²) >= 11 is 0. The van der Waals surface area contributed by atoms with Gasteiger partial charge in [0.2, 0.25) is 0 Å². The Morgan fingerprint density at radius 1 is 0.291 bits per heavy atom. The van der Waals surface area contributed by atoms with Gasteiger partial charge in [0.15, 0.2) is 0 Å². The van der Waals surface area contributed by atoms with Crippen LogP contribution in [0.5, 0.6) is 0 Å². The first-order valence-electron chi connectivity index (χ1n) is 20.4. The normalized spacial score (nSPS) is 11.7. The van der Waals surface area contributed by atoms with E-state index in [4.69, 9.17) is 56.8 Å². The van der Waals surface area contributed by atoms with Crippen molar-refractivity contribution in [1.29, 1.82) is 0 Å². The van der Waals surface area contributed by atoms with Crippen molar-refractivity contribution in [3.8, 4) is 0 Å². The molecule has 55 heavy (non-hydrogen) atoms. The Bertz CT molecular complexity index is 802. The van der Waals surface area contributed by atoms with Crippen molar-refractivity contribution in [3.05, 3.63) is 0 Å². The van der Waals surface area contributed by atoms with Crippen molar-refractivity contribution in [3.63, 3.8) is 0 Å². The predicted molar refractivity (Wildman–Crippen MR) is 205 cm³/mol. The topological polar surface area (TPSA) is 168 Å². The van der Waals surface area contributed by atoms with Crippen LogP contribution in [0.4, 0.5) is 0 Å². The maximum Gasteiger partial charge on any atom is 1.00 e. The molecule has 0 saturated carbocycles. The zero-order valence-electron chi connectivity index (χ0n) is 34.7. The standard InChI is InChI=1S/C38H78O15S.K/c1-2-3-4-5-6-7-8-9-10-11-12-14-42-16-18-44-20-22-46-24-26-48-28-30-50-32-34-52-36-37-53-35-33-51-31-29-49-27-25-47-23-21-45-19-17-43-15-13-38-54(39,40)41;/h2-38H2,1H3,(H,39,40,41);/q;+1/p-1. The molecule has 326 valence electrons. The van der Waals surface area contributed by atoms with Gasteiger partial charge < -0.3 is 61.4 Å². The van der Waals surface area contributed by atoms with Crippen molar-refractivity contribution in [2.75, 3.05) is 164 Å². The van der Waals surface area contributed by atoms with Crippen LogP contribution in [0.2, 0.25) is 0 Å². The number of hydrogen-bond acceptors (Lipinski definition) is 15. The zero-order chi connectivity index (χ0) is 39.1. The van der Waals surface area contributed by atoms with E-state index in [1.54, 1.807) is 0 Å². The summed E-state index contributed by atoms with van der Waals surface area (Å²) in [5.41, 5.74) is 0. The van der Waals surface area contributed by atoms with E-state index in [0.717, 1.165) is 13.0 Å². The molecule has 0 aromatic rings. The van der Waals surface area contributed by atoms with E-state index < -0.39 is 15.9 Å². The third kappa shape index (κ3) is 57.2. The Kier molecular flexibility index (Phi) is 54.1. The summed E-state index contributed by atoms with van der Waals surface area (Å²) in [6.45, 7) is 14.1. The van der Waals surface area contributed by atoms with Gasteiger partial charge in [-0.05, 0) is 12.8 Å². The molecule has 0 N–H and O–H groups in total. The Labute approximate surface area is 376 Å². The summed E-state index contributed by atoms with van der Waals surface area (Å²) in [4.78, 5) is 0. The van der Waals surface area contributed by atoms with Crippen LogP contribution in [-0.2, 0) is 67.0 Å². The van der Waals surface area contributed by atoms with Crippen molar-refractivity contribution >= 4 is 10.1 Å². The predicted octanol–water partition coefficient (Wildman–Crippen LogP) is 1.44. The van der Waals surface area contributed by atoms with Gasteiger partial charge in [-0.25, -0.2) is 8.42 Å². The van der Waals surface area contributed by atoms with Gasteiger partial charge in [-0.2, -0.15) is 0 Å². The molecular weight excluding hydrogens is 768 g/mol. The van der Waals surface area contributed by atoms with E-state index in [9.17, 15) is 13.0 Å². The molecular formula is C38H77KO15S. The molecule has 0 aliphatic rings. The Balaban J connectivity index is 0. The smallest absolute Gasteiger partial charge is 0.748 e. The van der Waals surface area contributed by atoms with Gasteiger partial charge in [-0.3, -0.25) is 0 Å². The first kappa shape index (κ1) is 58.2. The average molecular weight is 845 g/mol. The maximum atomic E-state index is 10.5. The molecule has 0 aliphatic carbocycles. The summed E-state index contributed by atoms with van der Waals surface area (Å²) in [6.07, 6.45) is 15.0. The number of unbranched alkanes of at least 4 members (excludes halogenated alkanes) is 10. The van der Waals surface area contributed by atoms with Crippen LogP contribution >= 0.6 is 0 Å². The molecule has 0 aliphatic heterocycles. The van der Waals surface area contributed by atoms with Crippen molar-refractivity contribution in [2.24, 2.45) is 0 Å². The van der Waals surface area contributed by atoms with Crippen LogP contribution in [0, 0.1) is 0 Å². The number of hydrogen-bond donors (Lipinski definition) is 0. The number of rotatable bonds is 49. The van der Waals surface area contributed by atoms with E-state index in [-0.39, 0.29) is 64.4 Å². The maximum absolute atomic E-state index is 10.5. The zero-order valence-corrected chi connectivity index (χ0v) is 38.6. The Morgan fingerprint density at radius 2 is 0.473 bits per heavy atom.